The Morgan fingerprint density at radius 2 is 1.00 bits per heavy atom. The third-order valence-corrected chi connectivity index (χ3v) is 20.4. The van der Waals surface area contributed by atoms with E-state index in [0.29, 0.717) is 12.5 Å². The first-order valence-corrected chi connectivity index (χ1v) is 24.6. The van der Waals surface area contributed by atoms with Crippen LogP contribution in [-0.2, 0) is 17.1 Å². The molecule has 0 rings (SSSR count). The van der Waals surface area contributed by atoms with E-state index < -0.39 is 76.7 Å². The SMILES string of the molecule is C.C.C.C.C.C[Si](C)(C)O[Si](C)(C)O[Si](C)(CCCOCCC(F)(F)C(F)(F)C(F)(F)C(F)(F)C(F)(F)F)O[Si](C)(C)CCCO. The maximum Gasteiger partial charge on any atom is 0.460 e. The number of hydrogen-bond acceptors (Lipinski definition) is 5. The summed E-state index contributed by atoms with van der Waals surface area (Å²) in [6.07, 6.45) is -8.86. The highest BCUT2D eigenvalue weighted by Gasteiger charge is 2.86. The molecule has 0 spiro atoms. The lowest BCUT2D eigenvalue weighted by Gasteiger charge is -2.42. The fourth-order valence-corrected chi connectivity index (χ4v) is 22.9. The molecule has 0 radical (unpaired) electrons. The lowest BCUT2D eigenvalue weighted by atomic mass is 9.96. The summed E-state index contributed by atoms with van der Waals surface area (Å²) in [5.74, 6) is -27.8. The molecule has 0 aliphatic rings. The van der Waals surface area contributed by atoms with Crippen LogP contribution in [0.2, 0.25) is 64.5 Å². The molecule has 0 saturated carbocycles. The van der Waals surface area contributed by atoms with E-state index in [1.807, 2.05) is 45.8 Å². The average Bonchev–Trinajstić information content (AvgIpc) is 2.70. The van der Waals surface area contributed by atoms with Crippen molar-refractivity contribution in [1.29, 1.82) is 0 Å². The quantitative estimate of drug-likeness (QED) is 0.0805. The zero-order valence-corrected chi connectivity index (χ0v) is 28.4. The molecule has 0 fully saturated rings. The van der Waals surface area contributed by atoms with Gasteiger partial charge in [0.25, 0.3) is 0 Å². The minimum atomic E-state index is -7.43. The number of aliphatic hydroxyl groups is 1. The van der Waals surface area contributed by atoms with Crippen LogP contribution in [0.4, 0.5) is 48.3 Å². The van der Waals surface area contributed by atoms with Gasteiger partial charge in [-0.15, -0.1) is 0 Å². The molecule has 0 aliphatic carbocycles. The first-order chi connectivity index (χ1) is 17.9. The molecule has 0 aromatic rings. The molecule has 288 valence electrons. The van der Waals surface area contributed by atoms with Crippen LogP contribution in [0.5, 0.6) is 0 Å². The Morgan fingerprint density at radius 3 is 1.39 bits per heavy atom. The number of ether oxygens (including phenoxy) is 1. The molecule has 0 bridgehead atoms. The number of aliphatic hydroxyl groups excluding tert-OH is 1. The van der Waals surface area contributed by atoms with Crippen LogP contribution in [0.1, 0.15) is 56.4 Å². The van der Waals surface area contributed by atoms with Gasteiger partial charge in [0.15, 0.2) is 16.6 Å². The van der Waals surface area contributed by atoms with E-state index in [-0.39, 0.29) is 62.8 Å². The lowest BCUT2D eigenvalue weighted by Crippen LogP contribution is -2.66. The zero-order chi connectivity index (χ0) is 33.0. The molecule has 46 heavy (non-hydrogen) atoms. The maximum absolute atomic E-state index is 13.9. The third kappa shape index (κ3) is 16.5. The van der Waals surface area contributed by atoms with Gasteiger partial charge < -0.3 is 22.2 Å². The van der Waals surface area contributed by atoms with E-state index in [2.05, 4.69) is 0 Å². The average molecular weight is 775 g/mol. The summed E-state index contributed by atoms with van der Waals surface area (Å²) in [5, 5.41) is 9.19. The van der Waals surface area contributed by atoms with Crippen LogP contribution in [0.15, 0.2) is 0 Å². The summed E-state index contributed by atoms with van der Waals surface area (Å²) in [6.45, 7) is 13.4. The van der Waals surface area contributed by atoms with Gasteiger partial charge in [-0.2, -0.15) is 48.3 Å². The largest absolute Gasteiger partial charge is 0.460 e. The minimum Gasteiger partial charge on any atom is -0.437 e. The molecular formula is C26H61F11O5Si4. The van der Waals surface area contributed by atoms with E-state index in [9.17, 15) is 53.4 Å². The number of rotatable bonds is 19. The molecular weight excluding hydrogens is 714 g/mol. The van der Waals surface area contributed by atoms with Gasteiger partial charge in [-0.1, -0.05) is 37.1 Å². The van der Waals surface area contributed by atoms with Gasteiger partial charge in [-0.05, 0) is 77.3 Å². The molecule has 1 unspecified atom stereocenters. The summed E-state index contributed by atoms with van der Waals surface area (Å²) >= 11 is 0. The monoisotopic (exact) mass is 774 g/mol. The Balaban J connectivity index is -0.000000800. The molecule has 0 amide bonds. The Morgan fingerprint density at radius 1 is 0.543 bits per heavy atom. The summed E-state index contributed by atoms with van der Waals surface area (Å²) in [5.41, 5.74) is 0. The number of halogens is 11. The molecule has 1 atom stereocenters. The summed E-state index contributed by atoms with van der Waals surface area (Å²) in [7, 11) is -10.2. The van der Waals surface area contributed by atoms with E-state index >= 15 is 0 Å². The second-order valence-electron chi connectivity index (χ2n) is 11.9. The lowest BCUT2D eigenvalue weighted by molar-refractivity contribution is -0.422. The van der Waals surface area contributed by atoms with E-state index in [1.54, 1.807) is 6.55 Å². The van der Waals surface area contributed by atoms with E-state index in [1.165, 1.54) is 0 Å². The van der Waals surface area contributed by atoms with Crippen LogP contribution >= 0.6 is 0 Å². The van der Waals surface area contributed by atoms with Crippen molar-refractivity contribution < 1.29 is 70.5 Å². The standard InChI is InChI=1S/C21H41F11O5Si4.5CH4/c1-38(2,3)35-40(6,7)37-41(8,36-39(4,5)15-9-12-33)16-10-13-34-14-11-17(22,23)18(24,25)19(26,27)20(28,29)21(30,31)32;;;;;/h33H,9-16H2,1-8H3;5*1H4. The highest BCUT2D eigenvalue weighted by Crippen LogP contribution is 2.57. The van der Waals surface area contributed by atoms with Crippen LogP contribution in [-0.4, -0.2) is 88.6 Å². The van der Waals surface area contributed by atoms with Crippen molar-refractivity contribution >= 4 is 33.8 Å². The van der Waals surface area contributed by atoms with Crippen LogP contribution in [0.25, 0.3) is 0 Å². The van der Waals surface area contributed by atoms with Gasteiger partial charge in [0.2, 0.25) is 0 Å². The van der Waals surface area contributed by atoms with Crippen molar-refractivity contribution in [2.24, 2.45) is 0 Å². The second kappa shape index (κ2) is 19.9. The predicted molar refractivity (Wildman–Crippen MR) is 174 cm³/mol. The van der Waals surface area contributed by atoms with Gasteiger partial charge in [-0.25, -0.2) is 0 Å². The molecule has 0 aliphatic heterocycles. The number of hydrogen-bond donors (Lipinski definition) is 1. The first-order valence-electron chi connectivity index (χ1n) is 12.8. The molecule has 0 aromatic carbocycles. The molecule has 20 heteroatoms. The minimum absolute atomic E-state index is 0. The van der Waals surface area contributed by atoms with E-state index in [4.69, 9.17) is 17.1 Å². The van der Waals surface area contributed by atoms with Crippen molar-refractivity contribution in [3.05, 3.63) is 0 Å². The van der Waals surface area contributed by atoms with Crippen LogP contribution < -0.4 is 0 Å². The van der Waals surface area contributed by atoms with Crippen molar-refractivity contribution in [2.45, 2.75) is 151 Å². The van der Waals surface area contributed by atoms with Crippen LogP contribution in [0.3, 0.4) is 0 Å². The number of alkyl halides is 11. The highest BCUT2D eigenvalue weighted by molar-refractivity contribution is 6.89. The summed E-state index contributed by atoms with van der Waals surface area (Å²) < 4.78 is 168. The highest BCUT2D eigenvalue weighted by atomic mass is 28.5. The Kier molecular flexibility index (Phi) is 25.2. The van der Waals surface area contributed by atoms with E-state index in [0.717, 1.165) is 0 Å². The zero-order valence-electron chi connectivity index (χ0n) is 24.4. The fourth-order valence-electron chi connectivity index (χ4n) is 4.10. The third-order valence-electron chi connectivity index (χ3n) is 5.53. The molecule has 5 nitrogen and oxygen atoms in total. The smallest absolute Gasteiger partial charge is 0.437 e. The molecule has 0 saturated heterocycles. The van der Waals surface area contributed by atoms with Crippen molar-refractivity contribution in [3.8, 4) is 0 Å². The van der Waals surface area contributed by atoms with Crippen molar-refractivity contribution in [3.63, 3.8) is 0 Å². The van der Waals surface area contributed by atoms with Crippen molar-refractivity contribution in [1.82, 2.24) is 0 Å². The van der Waals surface area contributed by atoms with Crippen LogP contribution in [0, 0.1) is 0 Å². The second-order valence-corrected chi connectivity index (χ2v) is 28.2. The van der Waals surface area contributed by atoms with Gasteiger partial charge >= 0.3 is 47.0 Å². The Bertz CT molecular complexity index is 829. The van der Waals surface area contributed by atoms with Gasteiger partial charge in [0.1, 0.15) is 0 Å². The Labute approximate surface area is 274 Å². The maximum atomic E-state index is 13.9. The fraction of sp³-hybridized carbons (Fsp3) is 1.00. The molecule has 0 aromatic heterocycles. The van der Waals surface area contributed by atoms with Gasteiger partial charge in [0, 0.05) is 19.6 Å². The topological polar surface area (TPSA) is 57.2 Å². The summed E-state index contributed by atoms with van der Waals surface area (Å²) in [6, 6.07) is 0.820. The van der Waals surface area contributed by atoms with Gasteiger partial charge in [0.05, 0.1) is 6.61 Å². The predicted octanol–water partition coefficient (Wildman–Crippen LogP) is 11.3. The first kappa shape index (κ1) is 58.1. The molecule has 0 heterocycles. The molecule has 1 N–H and O–H groups in total. The van der Waals surface area contributed by atoms with Gasteiger partial charge in [-0.3, -0.25) is 0 Å². The Hall–Kier alpha value is -0.102. The summed E-state index contributed by atoms with van der Waals surface area (Å²) in [4.78, 5) is 0. The van der Waals surface area contributed by atoms with Crippen molar-refractivity contribution in [2.75, 3.05) is 19.8 Å². The normalized spacial score (nSPS) is 14.9.